The van der Waals surface area contributed by atoms with Crippen molar-refractivity contribution < 1.29 is 24.0 Å². The third-order valence-corrected chi connectivity index (χ3v) is 3.76. The summed E-state index contributed by atoms with van der Waals surface area (Å²) in [7, 11) is 0. The van der Waals surface area contributed by atoms with Gasteiger partial charge in [0.15, 0.2) is 13.2 Å². The smallest absolute Gasteiger partial charge is 0.344 e. The van der Waals surface area contributed by atoms with Crippen molar-refractivity contribution in [2.45, 2.75) is 0 Å². The van der Waals surface area contributed by atoms with Crippen LogP contribution in [0, 0.1) is 10.1 Å². The van der Waals surface area contributed by atoms with Crippen LogP contribution in [0.15, 0.2) is 46.9 Å². The quantitative estimate of drug-likeness (QED) is 0.398. The van der Waals surface area contributed by atoms with Crippen molar-refractivity contribution in [3.05, 3.63) is 62.1 Å². The zero-order chi connectivity index (χ0) is 19.1. The molecule has 0 aliphatic carbocycles. The van der Waals surface area contributed by atoms with Crippen LogP contribution in [0.1, 0.15) is 0 Å². The molecule has 136 valence electrons. The van der Waals surface area contributed by atoms with Gasteiger partial charge in [-0.2, -0.15) is 0 Å². The second-order valence-electron chi connectivity index (χ2n) is 4.88. The van der Waals surface area contributed by atoms with Gasteiger partial charge in [0.25, 0.3) is 11.6 Å². The van der Waals surface area contributed by atoms with E-state index in [4.69, 9.17) is 21.1 Å². The Labute approximate surface area is 161 Å². The van der Waals surface area contributed by atoms with Crippen molar-refractivity contribution in [2.24, 2.45) is 0 Å². The summed E-state index contributed by atoms with van der Waals surface area (Å²) in [5.41, 5.74) is -0.0344. The highest BCUT2D eigenvalue weighted by Gasteiger charge is 2.13. The minimum Gasteiger partial charge on any atom is -0.482 e. The van der Waals surface area contributed by atoms with Crippen LogP contribution in [0.4, 0.5) is 11.4 Å². The van der Waals surface area contributed by atoms with Gasteiger partial charge in [0.1, 0.15) is 5.75 Å². The average Bonchev–Trinajstić information content (AvgIpc) is 2.60. The van der Waals surface area contributed by atoms with Gasteiger partial charge in [0, 0.05) is 16.6 Å². The van der Waals surface area contributed by atoms with E-state index in [1.54, 1.807) is 24.3 Å². The third kappa shape index (κ3) is 6.01. The van der Waals surface area contributed by atoms with Gasteiger partial charge in [-0.3, -0.25) is 14.9 Å². The van der Waals surface area contributed by atoms with E-state index in [0.29, 0.717) is 5.75 Å². The maximum atomic E-state index is 11.8. The Hall–Kier alpha value is -2.65. The molecule has 1 amide bonds. The van der Waals surface area contributed by atoms with Crippen molar-refractivity contribution in [2.75, 3.05) is 18.5 Å². The van der Waals surface area contributed by atoms with Gasteiger partial charge in [0.05, 0.1) is 15.6 Å². The van der Waals surface area contributed by atoms with E-state index < -0.39 is 23.4 Å². The van der Waals surface area contributed by atoms with Crippen LogP contribution in [0.5, 0.6) is 5.75 Å². The first-order valence-electron chi connectivity index (χ1n) is 7.13. The molecule has 2 rings (SSSR count). The molecule has 0 heterocycles. The molecule has 1 N–H and O–H groups in total. The van der Waals surface area contributed by atoms with Crippen molar-refractivity contribution >= 4 is 50.8 Å². The van der Waals surface area contributed by atoms with Crippen molar-refractivity contribution in [1.29, 1.82) is 0 Å². The lowest BCUT2D eigenvalue weighted by atomic mass is 10.3. The summed E-state index contributed by atoms with van der Waals surface area (Å²) >= 11 is 9.13. The minimum atomic E-state index is -0.727. The Bertz CT molecular complexity index is 845. The van der Waals surface area contributed by atoms with Crippen LogP contribution in [0.3, 0.4) is 0 Å². The average molecular weight is 444 g/mol. The molecule has 0 bridgehead atoms. The number of nitro benzene ring substituents is 1. The largest absolute Gasteiger partial charge is 0.482 e. The van der Waals surface area contributed by atoms with Crippen LogP contribution < -0.4 is 10.1 Å². The molecule has 0 radical (unpaired) electrons. The van der Waals surface area contributed by atoms with Crippen molar-refractivity contribution in [1.82, 2.24) is 0 Å². The third-order valence-electron chi connectivity index (χ3n) is 2.95. The van der Waals surface area contributed by atoms with E-state index in [-0.39, 0.29) is 23.0 Å². The molecule has 10 heteroatoms. The summed E-state index contributed by atoms with van der Waals surface area (Å²) in [6.07, 6.45) is 0. The molecule has 2 aromatic rings. The number of esters is 1. The van der Waals surface area contributed by atoms with Crippen LogP contribution in [-0.2, 0) is 14.3 Å². The predicted molar refractivity (Wildman–Crippen MR) is 97.3 cm³/mol. The van der Waals surface area contributed by atoms with Gasteiger partial charge in [-0.1, -0.05) is 33.6 Å². The highest BCUT2D eigenvalue weighted by atomic mass is 79.9. The summed E-state index contributed by atoms with van der Waals surface area (Å²) in [6.45, 7) is -0.907. The van der Waals surface area contributed by atoms with Gasteiger partial charge in [-0.15, -0.1) is 0 Å². The highest BCUT2D eigenvalue weighted by molar-refractivity contribution is 9.10. The number of ether oxygens (including phenoxy) is 2. The number of nitro groups is 1. The molecule has 0 aliphatic heterocycles. The molecule has 0 fully saturated rings. The van der Waals surface area contributed by atoms with Crippen LogP contribution in [-0.4, -0.2) is 30.0 Å². The number of halogens is 2. The normalized spacial score (nSPS) is 10.1. The number of benzene rings is 2. The molecule has 0 aromatic heterocycles. The Morgan fingerprint density at radius 3 is 2.62 bits per heavy atom. The molecule has 0 unspecified atom stereocenters. The molecule has 0 saturated carbocycles. The predicted octanol–water partition coefficient (Wildman–Crippen LogP) is 3.57. The Balaban J connectivity index is 1.79. The number of amides is 1. The fourth-order valence-corrected chi connectivity index (χ4v) is 2.39. The second kappa shape index (κ2) is 9.16. The first-order valence-corrected chi connectivity index (χ1v) is 8.30. The first-order chi connectivity index (χ1) is 12.3. The standard InChI is InChI=1S/C16H12BrClN2O6/c17-10-2-1-3-12(6-10)25-9-16(22)26-8-15(21)19-14-5-4-11(20(23)24)7-13(14)18/h1-7H,8-9H2,(H,19,21). The number of non-ortho nitro benzene ring substituents is 1. The topological polar surface area (TPSA) is 108 Å². The number of carbonyl (C=O) groups excluding carboxylic acids is 2. The van der Waals surface area contributed by atoms with Crippen molar-refractivity contribution in [3.8, 4) is 5.75 Å². The number of nitrogens with zero attached hydrogens (tertiary/aromatic N) is 1. The molecule has 0 saturated heterocycles. The lowest BCUT2D eigenvalue weighted by Gasteiger charge is -2.09. The monoisotopic (exact) mass is 442 g/mol. The first kappa shape index (κ1) is 19.7. The van der Waals surface area contributed by atoms with E-state index in [0.717, 1.165) is 10.5 Å². The maximum absolute atomic E-state index is 11.8. The molecular weight excluding hydrogens is 432 g/mol. The SMILES string of the molecule is O=C(COC(=O)COc1cccc(Br)c1)Nc1ccc([N+](=O)[O-])cc1Cl. The molecular formula is C16H12BrClN2O6. The van der Waals surface area contributed by atoms with Gasteiger partial charge in [0.2, 0.25) is 0 Å². The summed E-state index contributed by atoms with van der Waals surface area (Å²) in [4.78, 5) is 33.4. The summed E-state index contributed by atoms with van der Waals surface area (Å²) in [5, 5.41) is 13.0. The number of hydrogen-bond donors (Lipinski definition) is 1. The summed E-state index contributed by atoms with van der Waals surface area (Å²) in [5.74, 6) is -0.898. The fraction of sp³-hybridized carbons (Fsp3) is 0.125. The number of nitrogens with one attached hydrogen (secondary N) is 1. The lowest BCUT2D eigenvalue weighted by Crippen LogP contribution is -2.23. The number of rotatable bonds is 7. The Morgan fingerprint density at radius 1 is 1.19 bits per heavy atom. The van der Waals surface area contributed by atoms with Crippen LogP contribution in [0.25, 0.3) is 0 Å². The summed E-state index contributed by atoms with van der Waals surface area (Å²) in [6, 6.07) is 10.5. The molecule has 0 aliphatic rings. The van der Waals surface area contributed by atoms with Crippen LogP contribution >= 0.6 is 27.5 Å². The maximum Gasteiger partial charge on any atom is 0.344 e. The number of hydrogen-bond acceptors (Lipinski definition) is 6. The highest BCUT2D eigenvalue weighted by Crippen LogP contribution is 2.26. The molecule has 0 atom stereocenters. The van der Waals surface area contributed by atoms with E-state index in [9.17, 15) is 19.7 Å². The van der Waals surface area contributed by atoms with Gasteiger partial charge >= 0.3 is 5.97 Å². The van der Waals surface area contributed by atoms with Crippen LogP contribution in [0.2, 0.25) is 5.02 Å². The molecule has 2 aromatic carbocycles. The molecule has 8 nitrogen and oxygen atoms in total. The lowest BCUT2D eigenvalue weighted by molar-refractivity contribution is -0.384. The molecule has 0 spiro atoms. The van der Waals surface area contributed by atoms with Crippen molar-refractivity contribution in [3.63, 3.8) is 0 Å². The van der Waals surface area contributed by atoms with Gasteiger partial charge in [-0.25, -0.2) is 4.79 Å². The van der Waals surface area contributed by atoms with E-state index in [2.05, 4.69) is 21.2 Å². The zero-order valence-electron chi connectivity index (χ0n) is 13.1. The van der Waals surface area contributed by atoms with E-state index >= 15 is 0 Å². The summed E-state index contributed by atoms with van der Waals surface area (Å²) < 4.78 is 10.8. The fourth-order valence-electron chi connectivity index (χ4n) is 1.79. The zero-order valence-corrected chi connectivity index (χ0v) is 15.5. The molecule has 26 heavy (non-hydrogen) atoms. The van der Waals surface area contributed by atoms with Gasteiger partial charge < -0.3 is 14.8 Å². The Morgan fingerprint density at radius 2 is 1.96 bits per heavy atom. The Kier molecular flexibility index (Phi) is 6.93. The van der Waals surface area contributed by atoms with E-state index in [1.807, 2.05) is 0 Å². The number of anilines is 1. The minimum absolute atomic E-state index is 0.00290. The number of carbonyl (C=O) groups is 2. The van der Waals surface area contributed by atoms with Gasteiger partial charge in [-0.05, 0) is 24.3 Å². The van der Waals surface area contributed by atoms with E-state index in [1.165, 1.54) is 12.1 Å². The second-order valence-corrected chi connectivity index (χ2v) is 6.20.